The van der Waals surface area contributed by atoms with Crippen LogP contribution in [0.3, 0.4) is 0 Å². The van der Waals surface area contributed by atoms with Crippen molar-refractivity contribution in [3.8, 4) is 5.75 Å². The van der Waals surface area contributed by atoms with E-state index in [2.05, 4.69) is 11.8 Å². The molecule has 5 heteroatoms. The lowest BCUT2D eigenvalue weighted by Gasteiger charge is -2.24. The van der Waals surface area contributed by atoms with Crippen molar-refractivity contribution < 1.29 is 9.53 Å². The van der Waals surface area contributed by atoms with Crippen molar-refractivity contribution in [3.63, 3.8) is 0 Å². The van der Waals surface area contributed by atoms with Gasteiger partial charge in [-0.25, -0.2) is 0 Å². The number of carbonyl (C=O) groups excluding carboxylic acids is 1. The fraction of sp³-hybridized carbons (Fsp3) is 0.562. The number of benzene rings is 1. The molecule has 0 radical (unpaired) electrons. The molecule has 0 aliphatic carbocycles. The summed E-state index contributed by atoms with van der Waals surface area (Å²) in [6, 6.07) is 7.52. The van der Waals surface area contributed by atoms with Crippen LogP contribution in [0.15, 0.2) is 24.3 Å². The van der Waals surface area contributed by atoms with E-state index < -0.39 is 0 Å². The zero-order valence-electron chi connectivity index (χ0n) is 13.3. The molecule has 0 atom stereocenters. The van der Waals surface area contributed by atoms with E-state index in [1.54, 1.807) is 0 Å². The maximum Gasteiger partial charge on any atom is 0.260 e. The summed E-state index contributed by atoms with van der Waals surface area (Å²) in [4.78, 5) is 16.1. The quantitative estimate of drug-likeness (QED) is 0.746. The Morgan fingerprint density at radius 2 is 1.81 bits per heavy atom. The summed E-state index contributed by atoms with van der Waals surface area (Å²) in [7, 11) is 4.01. The van der Waals surface area contributed by atoms with Crippen LogP contribution in [0.1, 0.15) is 18.9 Å². The molecule has 2 N–H and O–H groups in total. The van der Waals surface area contributed by atoms with E-state index in [0.29, 0.717) is 12.3 Å². The third-order valence-electron chi connectivity index (χ3n) is 3.18. The molecule has 1 aromatic carbocycles. The van der Waals surface area contributed by atoms with Gasteiger partial charge in [-0.05, 0) is 38.2 Å². The van der Waals surface area contributed by atoms with Crippen LogP contribution in [0.2, 0.25) is 0 Å². The molecule has 0 aliphatic rings. The molecular formula is C16H27N3O2. The van der Waals surface area contributed by atoms with Gasteiger partial charge in [-0.3, -0.25) is 4.79 Å². The summed E-state index contributed by atoms with van der Waals surface area (Å²) in [5.41, 5.74) is 6.60. The minimum absolute atomic E-state index is 0.0293. The number of ether oxygens (including phenoxy) is 1. The Bertz CT molecular complexity index is 418. The molecule has 1 amide bonds. The molecular weight excluding hydrogens is 266 g/mol. The maximum atomic E-state index is 12.2. The van der Waals surface area contributed by atoms with Crippen molar-refractivity contribution in [3.05, 3.63) is 29.8 Å². The first-order chi connectivity index (χ1) is 10.1. The van der Waals surface area contributed by atoms with Crippen LogP contribution in [-0.2, 0) is 11.3 Å². The van der Waals surface area contributed by atoms with Crippen molar-refractivity contribution in [2.75, 3.05) is 40.3 Å². The smallest absolute Gasteiger partial charge is 0.260 e. The van der Waals surface area contributed by atoms with Crippen molar-refractivity contribution in [2.24, 2.45) is 5.73 Å². The predicted molar refractivity (Wildman–Crippen MR) is 85.3 cm³/mol. The first-order valence-corrected chi connectivity index (χ1v) is 7.41. The first kappa shape index (κ1) is 17.5. The maximum absolute atomic E-state index is 12.2. The topological polar surface area (TPSA) is 58.8 Å². The molecule has 1 rings (SSSR count). The highest BCUT2D eigenvalue weighted by Crippen LogP contribution is 2.12. The largest absolute Gasteiger partial charge is 0.484 e. The Kier molecular flexibility index (Phi) is 7.79. The van der Waals surface area contributed by atoms with Crippen molar-refractivity contribution in [1.82, 2.24) is 9.80 Å². The highest BCUT2D eigenvalue weighted by molar-refractivity contribution is 5.77. The molecule has 21 heavy (non-hydrogen) atoms. The molecule has 118 valence electrons. The van der Waals surface area contributed by atoms with Gasteiger partial charge in [0.1, 0.15) is 5.75 Å². The highest BCUT2D eigenvalue weighted by atomic mass is 16.5. The van der Waals surface area contributed by atoms with Gasteiger partial charge in [0.15, 0.2) is 6.61 Å². The van der Waals surface area contributed by atoms with Crippen LogP contribution in [0.5, 0.6) is 5.75 Å². The number of carbonyl (C=O) groups is 1. The van der Waals surface area contributed by atoms with Crippen LogP contribution in [0.25, 0.3) is 0 Å². The summed E-state index contributed by atoms with van der Waals surface area (Å²) >= 11 is 0. The molecule has 0 aliphatic heterocycles. The van der Waals surface area contributed by atoms with Crippen LogP contribution in [0, 0.1) is 0 Å². The number of amides is 1. The molecule has 0 fully saturated rings. The number of hydrogen-bond acceptors (Lipinski definition) is 4. The molecule has 0 bridgehead atoms. The lowest BCUT2D eigenvalue weighted by Crippen LogP contribution is -2.39. The molecule has 1 aromatic rings. The van der Waals surface area contributed by atoms with Crippen molar-refractivity contribution >= 4 is 5.91 Å². The Balaban J connectivity index is 2.47. The molecule has 0 unspecified atom stereocenters. The predicted octanol–water partition coefficient (Wildman–Crippen LogP) is 1.32. The number of likely N-dealkylation sites (N-methyl/N-ethyl adjacent to an activating group) is 1. The molecule has 0 heterocycles. The van der Waals surface area contributed by atoms with E-state index >= 15 is 0 Å². The average Bonchev–Trinajstić information content (AvgIpc) is 2.49. The third kappa shape index (κ3) is 6.60. The Labute approximate surface area is 127 Å². The zero-order chi connectivity index (χ0) is 15.7. The standard InChI is InChI=1S/C16H27N3O2/c1-4-9-19(11-10-18(2)3)16(20)13-21-15-7-5-14(12-17)6-8-15/h5-8H,4,9-13,17H2,1-3H3. The Hall–Kier alpha value is -1.59. The lowest BCUT2D eigenvalue weighted by molar-refractivity contribution is -0.133. The SMILES string of the molecule is CCCN(CCN(C)C)C(=O)COc1ccc(CN)cc1. The molecule has 0 saturated heterocycles. The highest BCUT2D eigenvalue weighted by Gasteiger charge is 2.13. The molecule has 0 spiro atoms. The normalized spacial score (nSPS) is 10.7. The summed E-state index contributed by atoms with van der Waals surface area (Å²) in [6.07, 6.45) is 0.949. The fourth-order valence-corrected chi connectivity index (χ4v) is 1.91. The van der Waals surface area contributed by atoms with Gasteiger partial charge in [0.05, 0.1) is 0 Å². The number of rotatable bonds is 9. The van der Waals surface area contributed by atoms with Crippen molar-refractivity contribution in [2.45, 2.75) is 19.9 Å². The summed E-state index contributed by atoms with van der Waals surface area (Å²) in [5, 5.41) is 0. The van der Waals surface area contributed by atoms with E-state index in [1.807, 2.05) is 43.3 Å². The minimum Gasteiger partial charge on any atom is -0.484 e. The van der Waals surface area contributed by atoms with Gasteiger partial charge in [-0.15, -0.1) is 0 Å². The van der Waals surface area contributed by atoms with E-state index in [9.17, 15) is 4.79 Å². The second-order valence-electron chi connectivity index (χ2n) is 5.32. The van der Waals surface area contributed by atoms with Gasteiger partial charge in [0.25, 0.3) is 5.91 Å². The van der Waals surface area contributed by atoms with Gasteiger partial charge in [-0.1, -0.05) is 19.1 Å². The van der Waals surface area contributed by atoms with Crippen LogP contribution < -0.4 is 10.5 Å². The van der Waals surface area contributed by atoms with E-state index in [0.717, 1.165) is 31.6 Å². The van der Waals surface area contributed by atoms with Crippen LogP contribution in [-0.4, -0.2) is 56.0 Å². The van der Waals surface area contributed by atoms with Gasteiger partial charge in [-0.2, -0.15) is 0 Å². The van der Waals surface area contributed by atoms with Gasteiger partial charge in [0.2, 0.25) is 0 Å². The van der Waals surface area contributed by atoms with Gasteiger partial charge < -0.3 is 20.3 Å². The van der Waals surface area contributed by atoms with E-state index in [4.69, 9.17) is 10.5 Å². The third-order valence-corrected chi connectivity index (χ3v) is 3.18. The van der Waals surface area contributed by atoms with Gasteiger partial charge in [0, 0.05) is 26.2 Å². The summed E-state index contributed by atoms with van der Waals surface area (Å²) in [5.74, 6) is 0.728. The number of nitrogens with two attached hydrogens (primary N) is 1. The zero-order valence-corrected chi connectivity index (χ0v) is 13.3. The molecule has 0 aromatic heterocycles. The minimum atomic E-state index is 0.0293. The Morgan fingerprint density at radius 3 is 2.33 bits per heavy atom. The van der Waals surface area contributed by atoms with Crippen molar-refractivity contribution in [1.29, 1.82) is 0 Å². The van der Waals surface area contributed by atoms with Crippen LogP contribution in [0.4, 0.5) is 0 Å². The number of hydrogen-bond donors (Lipinski definition) is 1. The Morgan fingerprint density at radius 1 is 1.14 bits per heavy atom. The summed E-state index contributed by atoms with van der Waals surface area (Å²) in [6.45, 7) is 5.01. The first-order valence-electron chi connectivity index (χ1n) is 7.41. The monoisotopic (exact) mass is 293 g/mol. The fourth-order valence-electron chi connectivity index (χ4n) is 1.91. The molecule has 0 saturated carbocycles. The molecule has 5 nitrogen and oxygen atoms in total. The lowest BCUT2D eigenvalue weighted by atomic mass is 10.2. The average molecular weight is 293 g/mol. The summed E-state index contributed by atoms with van der Waals surface area (Å²) < 4.78 is 5.56. The van der Waals surface area contributed by atoms with E-state index in [-0.39, 0.29) is 12.5 Å². The second-order valence-corrected chi connectivity index (χ2v) is 5.32. The second kappa shape index (κ2) is 9.37. The van der Waals surface area contributed by atoms with E-state index in [1.165, 1.54) is 0 Å². The van der Waals surface area contributed by atoms with Gasteiger partial charge >= 0.3 is 0 Å². The van der Waals surface area contributed by atoms with Crippen LogP contribution >= 0.6 is 0 Å². The number of nitrogens with zero attached hydrogens (tertiary/aromatic N) is 2.